The number of rotatable bonds is 7. The highest BCUT2D eigenvalue weighted by molar-refractivity contribution is 6.03. The Morgan fingerprint density at radius 2 is 1.89 bits per heavy atom. The van der Waals surface area contributed by atoms with Crippen molar-refractivity contribution in [2.75, 3.05) is 11.9 Å². The van der Waals surface area contributed by atoms with E-state index in [9.17, 15) is 4.79 Å². The highest BCUT2D eigenvalue weighted by Gasteiger charge is 2.16. The summed E-state index contributed by atoms with van der Waals surface area (Å²) in [5.74, 6) is 1.03. The summed E-state index contributed by atoms with van der Waals surface area (Å²) in [6.45, 7) is 2.77. The van der Waals surface area contributed by atoms with Gasteiger partial charge >= 0.3 is 6.01 Å². The first-order chi connectivity index (χ1) is 13.7. The highest BCUT2D eigenvalue weighted by Crippen LogP contribution is 2.27. The van der Waals surface area contributed by atoms with Crippen LogP contribution in [0.4, 0.5) is 6.01 Å². The quantitative estimate of drug-likeness (QED) is 0.460. The summed E-state index contributed by atoms with van der Waals surface area (Å²) in [4.78, 5) is 12.4. The van der Waals surface area contributed by atoms with Crippen molar-refractivity contribution in [1.82, 2.24) is 10.2 Å². The molecule has 0 aliphatic rings. The van der Waals surface area contributed by atoms with Crippen molar-refractivity contribution >= 4 is 22.9 Å². The Hall–Kier alpha value is -3.61. The predicted molar refractivity (Wildman–Crippen MR) is 104 cm³/mol. The monoisotopic (exact) mass is 377 g/mol. The number of nitrogens with zero attached hydrogens (tertiary/aromatic N) is 2. The van der Waals surface area contributed by atoms with Crippen LogP contribution in [0.15, 0.2) is 63.4 Å². The van der Waals surface area contributed by atoms with Crippen LogP contribution in [-0.4, -0.2) is 22.7 Å². The molecule has 4 aromatic rings. The molecule has 142 valence electrons. The Bertz CT molecular complexity index is 1050. The van der Waals surface area contributed by atoms with Gasteiger partial charge in [0, 0.05) is 10.9 Å². The van der Waals surface area contributed by atoms with Crippen molar-refractivity contribution < 1.29 is 18.4 Å². The van der Waals surface area contributed by atoms with Crippen molar-refractivity contribution in [2.24, 2.45) is 0 Å². The first-order valence-electron chi connectivity index (χ1n) is 9.09. The van der Waals surface area contributed by atoms with Gasteiger partial charge in [-0.2, -0.15) is 0 Å². The number of para-hydroxylation sites is 1. The van der Waals surface area contributed by atoms with E-state index in [1.807, 2.05) is 30.3 Å². The zero-order valence-electron chi connectivity index (χ0n) is 15.3. The molecule has 0 saturated heterocycles. The second kappa shape index (κ2) is 7.96. The van der Waals surface area contributed by atoms with Crippen molar-refractivity contribution in [3.63, 3.8) is 0 Å². The van der Waals surface area contributed by atoms with Gasteiger partial charge in [-0.15, -0.1) is 5.10 Å². The van der Waals surface area contributed by atoms with Gasteiger partial charge in [0.25, 0.3) is 11.8 Å². The average molecular weight is 377 g/mol. The molecule has 0 aliphatic heterocycles. The summed E-state index contributed by atoms with van der Waals surface area (Å²) in [5, 5.41) is 11.3. The molecule has 0 fully saturated rings. The van der Waals surface area contributed by atoms with E-state index in [1.165, 1.54) is 0 Å². The average Bonchev–Trinajstić information content (AvgIpc) is 3.35. The van der Waals surface area contributed by atoms with Crippen LogP contribution < -0.4 is 10.1 Å². The second-order valence-electron chi connectivity index (χ2n) is 6.24. The van der Waals surface area contributed by atoms with Crippen LogP contribution in [0.5, 0.6) is 5.75 Å². The Kier molecular flexibility index (Phi) is 5.05. The summed E-state index contributed by atoms with van der Waals surface area (Å²) in [6, 6.07) is 16.3. The van der Waals surface area contributed by atoms with Crippen LogP contribution in [-0.2, 0) is 0 Å². The smallest absolute Gasteiger partial charge is 0.322 e. The maximum absolute atomic E-state index is 12.4. The first-order valence-corrected chi connectivity index (χ1v) is 9.09. The summed E-state index contributed by atoms with van der Waals surface area (Å²) < 4.78 is 16.8. The SMILES string of the molecule is CCCCOc1ccc(C(=O)Nc2nnc(-c3cc4ccccc4o3)o2)cc1. The number of hydrogen-bond donors (Lipinski definition) is 1. The number of fused-ring (bicyclic) bond motifs is 1. The van der Waals surface area contributed by atoms with Crippen molar-refractivity contribution in [2.45, 2.75) is 19.8 Å². The third-order valence-electron chi connectivity index (χ3n) is 4.16. The largest absolute Gasteiger partial charge is 0.494 e. The lowest BCUT2D eigenvalue weighted by Gasteiger charge is -2.06. The molecular weight excluding hydrogens is 358 g/mol. The fourth-order valence-electron chi connectivity index (χ4n) is 2.67. The lowest BCUT2D eigenvalue weighted by Crippen LogP contribution is -2.12. The van der Waals surface area contributed by atoms with E-state index in [0.29, 0.717) is 17.9 Å². The highest BCUT2D eigenvalue weighted by atomic mass is 16.5. The van der Waals surface area contributed by atoms with Crippen LogP contribution in [0.2, 0.25) is 0 Å². The number of furan rings is 1. The van der Waals surface area contributed by atoms with Crippen LogP contribution >= 0.6 is 0 Å². The van der Waals surface area contributed by atoms with E-state index < -0.39 is 0 Å². The third kappa shape index (κ3) is 3.88. The van der Waals surface area contributed by atoms with E-state index in [1.54, 1.807) is 24.3 Å². The molecule has 2 aromatic heterocycles. The number of anilines is 1. The molecule has 0 atom stereocenters. The minimum absolute atomic E-state index is 0.00345. The number of ether oxygens (including phenoxy) is 1. The van der Waals surface area contributed by atoms with E-state index in [-0.39, 0.29) is 17.8 Å². The summed E-state index contributed by atoms with van der Waals surface area (Å²) in [7, 11) is 0. The van der Waals surface area contributed by atoms with Crippen LogP contribution in [0.1, 0.15) is 30.1 Å². The number of nitrogens with one attached hydrogen (secondary N) is 1. The van der Waals surface area contributed by atoms with Gasteiger partial charge in [0.05, 0.1) is 6.61 Å². The molecule has 7 heteroatoms. The van der Waals surface area contributed by atoms with Gasteiger partial charge in [-0.1, -0.05) is 36.6 Å². The molecule has 28 heavy (non-hydrogen) atoms. The molecule has 1 N–H and O–H groups in total. The van der Waals surface area contributed by atoms with Gasteiger partial charge < -0.3 is 13.6 Å². The maximum atomic E-state index is 12.4. The Labute approximate surface area is 161 Å². The fraction of sp³-hybridized carbons (Fsp3) is 0.190. The molecule has 0 unspecified atom stereocenters. The Balaban J connectivity index is 1.42. The molecule has 0 aliphatic carbocycles. The molecule has 7 nitrogen and oxygen atoms in total. The minimum atomic E-state index is -0.347. The number of hydrogen-bond acceptors (Lipinski definition) is 6. The van der Waals surface area contributed by atoms with Gasteiger partial charge in [0.1, 0.15) is 11.3 Å². The fourth-order valence-corrected chi connectivity index (χ4v) is 2.67. The Morgan fingerprint density at radius 3 is 2.68 bits per heavy atom. The summed E-state index contributed by atoms with van der Waals surface area (Å²) >= 11 is 0. The lowest BCUT2D eigenvalue weighted by molar-refractivity contribution is 0.102. The van der Waals surface area contributed by atoms with Gasteiger partial charge in [0.2, 0.25) is 0 Å². The number of benzene rings is 2. The van der Waals surface area contributed by atoms with Crippen LogP contribution in [0.25, 0.3) is 22.6 Å². The van der Waals surface area contributed by atoms with Crippen molar-refractivity contribution in [1.29, 1.82) is 0 Å². The maximum Gasteiger partial charge on any atom is 0.322 e. The molecular formula is C21H19N3O4. The van der Waals surface area contributed by atoms with Crippen molar-refractivity contribution in [3.05, 3.63) is 60.2 Å². The van der Waals surface area contributed by atoms with Crippen molar-refractivity contribution in [3.8, 4) is 17.4 Å². The number of amides is 1. The van der Waals surface area contributed by atoms with Gasteiger partial charge in [-0.25, -0.2) is 0 Å². The Morgan fingerprint density at radius 1 is 1.07 bits per heavy atom. The van der Waals surface area contributed by atoms with Gasteiger partial charge in [-0.3, -0.25) is 10.1 Å². The second-order valence-corrected chi connectivity index (χ2v) is 6.24. The number of aromatic nitrogens is 2. The molecule has 4 rings (SSSR count). The number of unbranched alkanes of at least 4 members (excludes halogenated alkanes) is 1. The standard InChI is InChI=1S/C21H19N3O4/c1-2-3-12-26-16-10-8-14(9-11-16)19(25)22-21-24-23-20(28-21)18-13-15-6-4-5-7-17(15)27-18/h4-11,13H,2-3,12H2,1H3,(H,22,24,25). The first kappa shape index (κ1) is 17.8. The van der Waals surface area contributed by atoms with Crippen LogP contribution in [0, 0.1) is 0 Å². The number of carbonyl (C=O) groups excluding carboxylic acids is 1. The minimum Gasteiger partial charge on any atom is -0.494 e. The summed E-state index contributed by atoms with van der Waals surface area (Å²) in [6.07, 6.45) is 2.06. The molecule has 0 bridgehead atoms. The van der Waals surface area contributed by atoms with E-state index in [0.717, 1.165) is 29.6 Å². The number of carbonyl (C=O) groups is 1. The molecule has 2 aromatic carbocycles. The zero-order chi connectivity index (χ0) is 19.3. The molecule has 0 radical (unpaired) electrons. The lowest BCUT2D eigenvalue weighted by atomic mass is 10.2. The molecule has 2 heterocycles. The molecule has 0 saturated carbocycles. The topological polar surface area (TPSA) is 90.4 Å². The third-order valence-corrected chi connectivity index (χ3v) is 4.16. The van der Waals surface area contributed by atoms with E-state index >= 15 is 0 Å². The van der Waals surface area contributed by atoms with Gasteiger partial charge in [-0.05, 0) is 42.8 Å². The predicted octanol–water partition coefficient (Wildman–Crippen LogP) is 4.91. The molecule has 0 spiro atoms. The zero-order valence-corrected chi connectivity index (χ0v) is 15.3. The van der Waals surface area contributed by atoms with E-state index in [4.69, 9.17) is 13.6 Å². The van der Waals surface area contributed by atoms with Gasteiger partial charge in [0.15, 0.2) is 5.76 Å². The molecule has 1 amide bonds. The normalized spacial score (nSPS) is 10.9. The summed E-state index contributed by atoms with van der Waals surface area (Å²) in [5.41, 5.74) is 1.19. The van der Waals surface area contributed by atoms with E-state index in [2.05, 4.69) is 22.4 Å². The van der Waals surface area contributed by atoms with Crippen LogP contribution in [0.3, 0.4) is 0 Å².